The number of sulfonamides is 1. The fourth-order valence-electron chi connectivity index (χ4n) is 2.71. The monoisotopic (exact) mass is 368 g/mol. The van der Waals surface area contributed by atoms with Gasteiger partial charge in [0.2, 0.25) is 15.9 Å². The van der Waals surface area contributed by atoms with Crippen LogP contribution in [0.3, 0.4) is 0 Å². The molecule has 0 spiro atoms. The van der Waals surface area contributed by atoms with Crippen molar-refractivity contribution in [2.24, 2.45) is 0 Å². The van der Waals surface area contributed by atoms with Crippen LogP contribution in [0.2, 0.25) is 0 Å². The molecule has 1 heterocycles. The summed E-state index contributed by atoms with van der Waals surface area (Å²) in [5.74, 6) is -1.65. The fraction of sp³-hybridized carbons (Fsp3) is 0.529. The molecule has 0 bridgehead atoms. The molecule has 1 aromatic carbocycles. The first-order valence-electron chi connectivity index (χ1n) is 8.10. The molecule has 2 rings (SSSR count). The number of benzene rings is 1. The van der Waals surface area contributed by atoms with Crippen molar-refractivity contribution in [3.05, 3.63) is 35.4 Å². The Bertz CT molecular complexity index is 750. The number of carbonyl (C=O) groups is 2. The number of carboxylic acid groups (broad SMARTS) is 1. The first kappa shape index (κ1) is 19.4. The molecule has 0 radical (unpaired) electrons. The zero-order valence-corrected chi connectivity index (χ0v) is 15.4. The summed E-state index contributed by atoms with van der Waals surface area (Å²) in [7, 11) is -3.41. The summed E-state index contributed by atoms with van der Waals surface area (Å²) in [6, 6.07) is 5.85. The number of carboxylic acids is 1. The molecule has 1 aromatic rings. The quantitative estimate of drug-likeness (QED) is 0.725. The molecule has 0 aromatic heterocycles. The maximum absolute atomic E-state index is 12.3. The number of nitrogens with one attached hydrogen (secondary N) is 2. The number of hydrogen-bond acceptors (Lipinski definition) is 4. The van der Waals surface area contributed by atoms with E-state index in [1.807, 2.05) is 12.1 Å². The summed E-state index contributed by atoms with van der Waals surface area (Å²) in [6.07, 6.45) is -0.100. The van der Waals surface area contributed by atoms with Crippen LogP contribution in [0.1, 0.15) is 50.8 Å². The van der Waals surface area contributed by atoms with Gasteiger partial charge in [0.1, 0.15) is 6.04 Å². The van der Waals surface area contributed by atoms with E-state index in [1.165, 1.54) is 0 Å². The summed E-state index contributed by atoms with van der Waals surface area (Å²) in [4.78, 5) is 23.4. The van der Waals surface area contributed by atoms with Gasteiger partial charge in [0.15, 0.2) is 0 Å². The van der Waals surface area contributed by atoms with Crippen LogP contribution < -0.4 is 10.0 Å². The summed E-state index contributed by atoms with van der Waals surface area (Å²) in [5.41, 5.74) is 1.73. The first-order valence-corrected chi connectivity index (χ1v) is 9.76. The summed E-state index contributed by atoms with van der Waals surface area (Å²) in [6.45, 7) is 6.22. The molecule has 8 heteroatoms. The second-order valence-electron chi connectivity index (χ2n) is 7.31. The van der Waals surface area contributed by atoms with Crippen LogP contribution in [0.15, 0.2) is 24.3 Å². The third-order valence-corrected chi connectivity index (χ3v) is 5.60. The topological polar surface area (TPSA) is 113 Å². The third kappa shape index (κ3) is 5.27. The highest BCUT2D eigenvalue weighted by atomic mass is 32.2. The molecule has 0 aliphatic carbocycles. The summed E-state index contributed by atoms with van der Waals surface area (Å²) in [5, 5.41) is 11.8. The number of aliphatic carboxylic acids is 1. The minimum absolute atomic E-state index is 0.0355. The van der Waals surface area contributed by atoms with Crippen LogP contribution in [0, 0.1) is 0 Å². The molecule has 2 atom stereocenters. The number of rotatable bonds is 5. The van der Waals surface area contributed by atoms with Crippen LogP contribution in [0.4, 0.5) is 0 Å². The van der Waals surface area contributed by atoms with E-state index in [0.717, 1.165) is 5.56 Å². The molecule has 138 valence electrons. The van der Waals surface area contributed by atoms with Gasteiger partial charge in [0.25, 0.3) is 0 Å². The average molecular weight is 368 g/mol. The zero-order valence-electron chi connectivity index (χ0n) is 14.6. The fourth-order valence-corrected chi connectivity index (χ4v) is 4.03. The molecule has 1 saturated heterocycles. The molecule has 25 heavy (non-hydrogen) atoms. The lowest BCUT2D eigenvalue weighted by atomic mass is 9.86. The number of carbonyl (C=O) groups excluding carboxylic acids is 1. The van der Waals surface area contributed by atoms with E-state index in [2.05, 4.69) is 30.8 Å². The molecule has 2 unspecified atom stereocenters. The van der Waals surface area contributed by atoms with Crippen LogP contribution in [0.25, 0.3) is 0 Å². The molecular weight excluding hydrogens is 344 g/mol. The molecular formula is C17H24N2O5S. The van der Waals surface area contributed by atoms with Gasteiger partial charge in [0.05, 0.1) is 18.2 Å². The maximum Gasteiger partial charge on any atom is 0.305 e. The van der Waals surface area contributed by atoms with Crippen molar-refractivity contribution in [2.75, 3.05) is 5.75 Å². The Morgan fingerprint density at radius 3 is 2.32 bits per heavy atom. The number of amides is 1. The highest BCUT2D eigenvalue weighted by Gasteiger charge is 2.33. The van der Waals surface area contributed by atoms with Gasteiger partial charge in [-0.05, 0) is 23.0 Å². The average Bonchev–Trinajstić information content (AvgIpc) is 2.85. The Kier molecular flexibility index (Phi) is 5.53. The molecule has 1 aliphatic rings. The maximum atomic E-state index is 12.3. The molecule has 1 amide bonds. The van der Waals surface area contributed by atoms with Crippen molar-refractivity contribution >= 4 is 21.9 Å². The smallest absolute Gasteiger partial charge is 0.305 e. The highest BCUT2D eigenvalue weighted by molar-refractivity contribution is 7.89. The van der Waals surface area contributed by atoms with Gasteiger partial charge in [0, 0.05) is 0 Å². The van der Waals surface area contributed by atoms with Crippen molar-refractivity contribution in [2.45, 2.75) is 51.1 Å². The van der Waals surface area contributed by atoms with Gasteiger partial charge in [-0.1, -0.05) is 45.0 Å². The van der Waals surface area contributed by atoms with Crippen molar-refractivity contribution in [1.29, 1.82) is 0 Å². The van der Waals surface area contributed by atoms with Crippen molar-refractivity contribution in [3.63, 3.8) is 0 Å². The summed E-state index contributed by atoms with van der Waals surface area (Å²) < 4.78 is 25.1. The number of hydrogen-bond donors (Lipinski definition) is 3. The van der Waals surface area contributed by atoms with E-state index in [-0.39, 0.29) is 24.0 Å². The lowest BCUT2D eigenvalue weighted by Gasteiger charge is -2.22. The standard InChI is InChI=1S/C17H24N2O5S/c1-17(2,3)12-6-4-11(5-7-12)14(10-15(20)21)18-16(22)13-8-9-25(23,24)19-13/h4-7,13-14,19H,8-10H2,1-3H3,(H,18,22)(H,20,21). The Morgan fingerprint density at radius 2 is 1.88 bits per heavy atom. The molecule has 7 nitrogen and oxygen atoms in total. The minimum atomic E-state index is -3.41. The van der Waals surface area contributed by atoms with E-state index in [4.69, 9.17) is 5.11 Å². The molecule has 3 N–H and O–H groups in total. The van der Waals surface area contributed by atoms with Gasteiger partial charge in [-0.2, -0.15) is 0 Å². The van der Waals surface area contributed by atoms with E-state index < -0.39 is 34.0 Å². The second kappa shape index (κ2) is 7.13. The first-order chi connectivity index (χ1) is 11.5. The Labute approximate surface area is 147 Å². The molecule has 1 aliphatic heterocycles. The van der Waals surface area contributed by atoms with Gasteiger partial charge < -0.3 is 10.4 Å². The third-order valence-electron chi connectivity index (χ3n) is 4.19. The predicted molar refractivity (Wildman–Crippen MR) is 93.6 cm³/mol. The van der Waals surface area contributed by atoms with E-state index in [0.29, 0.717) is 5.56 Å². The second-order valence-corrected chi connectivity index (χ2v) is 9.18. The largest absolute Gasteiger partial charge is 0.481 e. The Morgan fingerprint density at radius 1 is 1.28 bits per heavy atom. The molecule has 0 saturated carbocycles. The van der Waals surface area contributed by atoms with Crippen LogP contribution in [-0.4, -0.2) is 37.2 Å². The van der Waals surface area contributed by atoms with Crippen molar-refractivity contribution < 1.29 is 23.1 Å². The normalized spacial score (nSPS) is 20.8. The van der Waals surface area contributed by atoms with E-state index in [1.54, 1.807) is 12.1 Å². The lowest BCUT2D eigenvalue weighted by Crippen LogP contribution is -2.43. The Balaban J connectivity index is 2.16. The van der Waals surface area contributed by atoms with Crippen molar-refractivity contribution in [1.82, 2.24) is 10.0 Å². The highest BCUT2D eigenvalue weighted by Crippen LogP contribution is 2.25. The Hall–Kier alpha value is -1.93. The minimum Gasteiger partial charge on any atom is -0.481 e. The van der Waals surface area contributed by atoms with Gasteiger partial charge in [-0.3, -0.25) is 9.59 Å². The van der Waals surface area contributed by atoms with Crippen LogP contribution in [0.5, 0.6) is 0 Å². The SMILES string of the molecule is CC(C)(C)c1ccc(C(CC(=O)O)NC(=O)C2CCS(=O)(=O)N2)cc1. The molecule has 1 fully saturated rings. The van der Waals surface area contributed by atoms with Gasteiger partial charge in [-0.15, -0.1) is 0 Å². The summed E-state index contributed by atoms with van der Waals surface area (Å²) >= 11 is 0. The van der Waals surface area contributed by atoms with E-state index in [9.17, 15) is 18.0 Å². The predicted octanol–water partition coefficient (Wildman–Crippen LogP) is 1.31. The van der Waals surface area contributed by atoms with E-state index >= 15 is 0 Å². The van der Waals surface area contributed by atoms with Crippen LogP contribution in [-0.2, 0) is 25.0 Å². The van der Waals surface area contributed by atoms with Crippen LogP contribution >= 0.6 is 0 Å². The van der Waals surface area contributed by atoms with Crippen molar-refractivity contribution in [3.8, 4) is 0 Å². The lowest BCUT2D eigenvalue weighted by molar-refractivity contribution is -0.137. The zero-order chi connectivity index (χ0) is 18.8. The van der Waals surface area contributed by atoms with Gasteiger partial charge >= 0.3 is 5.97 Å². The van der Waals surface area contributed by atoms with Gasteiger partial charge in [-0.25, -0.2) is 13.1 Å².